The van der Waals surface area contributed by atoms with Crippen molar-refractivity contribution in [2.45, 2.75) is 0 Å². The summed E-state index contributed by atoms with van der Waals surface area (Å²) in [6, 6.07) is 60.1. The zero-order valence-corrected chi connectivity index (χ0v) is 25.8. The normalized spacial score (nSPS) is 11.9. The first-order valence-electron chi connectivity index (χ1n) is 15.8. The van der Waals surface area contributed by atoms with Crippen LogP contribution in [0.2, 0.25) is 0 Å². The number of hydrogen-bond donors (Lipinski definition) is 0. The lowest BCUT2D eigenvalue weighted by atomic mass is 9.84. The molecule has 0 spiro atoms. The van der Waals surface area contributed by atoms with E-state index in [9.17, 15) is 0 Å². The van der Waals surface area contributed by atoms with E-state index >= 15 is 0 Å². The SMILES string of the molecule is c1ccc(-n2c3ccccc3c3c4cc(-c5c6ccccc6c(-c6cccc7ccccc67)c6ccccc56)ccc4sc32)cc1. The number of aromatic nitrogens is 1. The van der Waals surface area contributed by atoms with Crippen LogP contribution >= 0.6 is 11.3 Å². The van der Waals surface area contributed by atoms with Crippen LogP contribution in [0, 0.1) is 0 Å². The molecule has 0 aliphatic carbocycles. The average Bonchev–Trinajstić information content (AvgIpc) is 3.65. The van der Waals surface area contributed by atoms with Crippen molar-refractivity contribution in [1.82, 2.24) is 4.57 Å². The fourth-order valence-corrected chi connectivity index (χ4v) is 8.89. The van der Waals surface area contributed by atoms with E-state index in [0.29, 0.717) is 0 Å². The molecule has 0 radical (unpaired) electrons. The molecule has 0 bridgehead atoms. The molecule has 0 fully saturated rings. The van der Waals surface area contributed by atoms with Gasteiger partial charge in [0.05, 0.1) is 5.52 Å². The summed E-state index contributed by atoms with van der Waals surface area (Å²) < 4.78 is 3.74. The quantitative estimate of drug-likeness (QED) is 0.178. The molecule has 214 valence electrons. The maximum atomic E-state index is 2.45. The lowest BCUT2D eigenvalue weighted by molar-refractivity contribution is 1.19. The number of benzene rings is 8. The molecule has 2 heteroatoms. The van der Waals surface area contributed by atoms with Gasteiger partial charge >= 0.3 is 0 Å². The van der Waals surface area contributed by atoms with Crippen molar-refractivity contribution in [3.05, 3.63) is 164 Å². The predicted octanol–water partition coefficient (Wildman–Crippen LogP) is 12.8. The first-order valence-corrected chi connectivity index (χ1v) is 16.6. The molecular formula is C44H27NS. The summed E-state index contributed by atoms with van der Waals surface area (Å²) in [5, 5.41) is 11.6. The van der Waals surface area contributed by atoms with Gasteiger partial charge in [-0.3, -0.25) is 0 Å². The number of para-hydroxylation sites is 2. The minimum absolute atomic E-state index is 1.20. The van der Waals surface area contributed by atoms with E-state index in [1.807, 2.05) is 11.3 Å². The van der Waals surface area contributed by atoms with E-state index in [2.05, 4.69) is 168 Å². The van der Waals surface area contributed by atoms with E-state index in [1.165, 1.54) is 91.5 Å². The van der Waals surface area contributed by atoms with Gasteiger partial charge in [0.1, 0.15) is 4.83 Å². The van der Waals surface area contributed by atoms with Crippen LogP contribution in [0.5, 0.6) is 0 Å². The third-order valence-corrected chi connectivity index (χ3v) is 10.7. The molecule has 0 saturated heterocycles. The molecular weight excluding hydrogens is 575 g/mol. The number of thiophene rings is 1. The van der Waals surface area contributed by atoms with Gasteiger partial charge in [0.2, 0.25) is 0 Å². The van der Waals surface area contributed by atoms with E-state index in [1.54, 1.807) is 0 Å². The molecule has 0 aliphatic rings. The van der Waals surface area contributed by atoms with Crippen LogP contribution in [0.4, 0.5) is 0 Å². The zero-order valence-electron chi connectivity index (χ0n) is 24.9. The molecule has 0 N–H and O–H groups in total. The molecule has 1 nitrogen and oxygen atoms in total. The van der Waals surface area contributed by atoms with Gasteiger partial charge in [-0.2, -0.15) is 0 Å². The Kier molecular flexibility index (Phi) is 5.51. The van der Waals surface area contributed by atoms with Crippen molar-refractivity contribution in [3.8, 4) is 27.9 Å². The van der Waals surface area contributed by atoms with Crippen molar-refractivity contribution in [3.63, 3.8) is 0 Å². The third-order valence-electron chi connectivity index (χ3n) is 9.58. The van der Waals surface area contributed by atoms with Gasteiger partial charge in [-0.15, -0.1) is 11.3 Å². The number of rotatable bonds is 3. The van der Waals surface area contributed by atoms with Gasteiger partial charge in [-0.05, 0) is 84.9 Å². The summed E-state index contributed by atoms with van der Waals surface area (Å²) in [5.41, 5.74) is 7.57. The second-order valence-corrected chi connectivity index (χ2v) is 13.1. The van der Waals surface area contributed by atoms with Crippen molar-refractivity contribution in [2.75, 3.05) is 0 Å². The fraction of sp³-hybridized carbons (Fsp3) is 0. The van der Waals surface area contributed by atoms with Crippen LogP contribution in [0.1, 0.15) is 0 Å². The molecule has 8 aromatic carbocycles. The van der Waals surface area contributed by atoms with Crippen LogP contribution < -0.4 is 0 Å². The van der Waals surface area contributed by atoms with E-state index < -0.39 is 0 Å². The number of hydrogen-bond acceptors (Lipinski definition) is 1. The van der Waals surface area contributed by atoms with Crippen LogP contribution in [0.3, 0.4) is 0 Å². The summed E-state index contributed by atoms with van der Waals surface area (Å²) in [6.07, 6.45) is 0. The highest BCUT2D eigenvalue weighted by Gasteiger charge is 2.21. The summed E-state index contributed by atoms with van der Waals surface area (Å²) in [4.78, 5) is 1.29. The van der Waals surface area contributed by atoms with Crippen LogP contribution in [-0.4, -0.2) is 4.57 Å². The smallest absolute Gasteiger partial charge is 0.109 e. The Bertz CT molecular complexity index is 2740. The first kappa shape index (κ1) is 25.6. The summed E-state index contributed by atoms with van der Waals surface area (Å²) >= 11 is 1.88. The van der Waals surface area contributed by atoms with E-state index in [-0.39, 0.29) is 0 Å². The number of nitrogens with zero attached hydrogens (tertiary/aromatic N) is 1. The maximum absolute atomic E-state index is 2.45. The molecule has 0 unspecified atom stereocenters. The Morgan fingerprint density at radius 3 is 1.74 bits per heavy atom. The maximum Gasteiger partial charge on any atom is 0.109 e. The standard InChI is InChI=1S/C44H27NS/c1-2-15-30(16-3-1)45-39-24-11-10-22-37(39)43-38-27-29(25-26-40(38)46-44(43)45)41-33-18-6-8-20-35(33)42(36-21-9-7-19-34(36)41)32-23-12-14-28-13-4-5-17-31(28)32/h1-27H. The van der Waals surface area contributed by atoms with Gasteiger partial charge in [0.25, 0.3) is 0 Å². The Balaban J connectivity index is 1.30. The van der Waals surface area contributed by atoms with Gasteiger partial charge in [-0.25, -0.2) is 0 Å². The molecule has 2 heterocycles. The van der Waals surface area contributed by atoms with Crippen molar-refractivity contribution in [2.24, 2.45) is 0 Å². The predicted molar refractivity (Wildman–Crippen MR) is 200 cm³/mol. The Hall–Kier alpha value is -5.70. The highest BCUT2D eigenvalue weighted by atomic mass is 32.1. The van der Waals surface area contributed by atoms with Gasteiger partial charge in [0.15, 0.2) is 0 Å². The fourth-order valence-electron chi connectivity index (χ4n) is 7.65. The second kappa shape index (κ2) is 9.90. The average molecular weight is 602 g/mol. The van der Waals surface area contributed by atoms with Crippen LogP contribution in [0.25, 0.3) is 91.5 Å². The topological polar surface area (TPSA) is 4.93 Å². The molecule has 0 amide bonds. The minimum atomic E-state index is 1.20. The van der Waals surface area contributed by atoms with Gasteiger partial charge in [-0.1, -0.05) is 133 Å². The van der Waals surface area contributed by atoms with Crippen molar-refractivity contribution >= 4 is 74.9 Å². The Morgan fingerprint density at radius 1 is 0.413 bits per heavy atom. The molecule has 10 rings (SSSR count). The lowest BCUT2D eigenvalue weighted by Gasteiger charge is -2.19. The van der Waals surface area contributed by atoms with Gasteiger partial charge < -0.3 is 4.57 Å². The largest absolute Gasteiger partial charge is 0.301 e. The van der Waals surface area contributed by atoms with Crippen molar-refractivity contribution < 1.29 is 0 Å². The molecule has 46 heavy (non-hydrogen) atoms. The van der Waals surface area contributed by atoms with Crippen molar-refractivity contribution in [1.29, 1.82) is 0 Å². The number of fused-ring (bicyclic) bond motifs is 8. The Labute approximate surface area is 270 Å². The zero-order chi connectivity index (χ0) is 30.2. The highest BCUT2D eigenvalue weighted by Crippen LogP contribution is 2.48. The third kappa shape index (κ3) is 3.62. The highest BCUT2D eigenvalue weighted by molar-refractivity contribution is 7.25. The van der Waals surface area contributed by atoms with Crippen LogP contribution in [0.15, 0.2) is 164 Å². The molecule has 2 aromatic heterocycles. The van der Waals surface area contributed by atoms with Crippen LogP contribution in [-0.2, 0) is 0 Å². The van der Waals surface area contributed by atoms with E-state index in [0.717, 1.165) is 0 Å². The Morgan fingerprint density at radius 2 is 1.00 bits per heavy atom. The first-order chi connectivity index (χ1) is 22.8. The molecule has 0 aliphatic heterocycles. The molecule has 10 aromatic rings. The summed E-state index contributed by atoms with van der Waals surface area (Å²) in [7, 11) is 0. The summed E-state index contributed by atoms with van der Waals surface area (Å²) in [6.45, 7) is 0. The van der Waals surface area contributed by atoms with Gasteiger partial charge in [0, 0.05) is 26.5 Å². The van der Waals surface area contributed by atoms with E-state index in [4.69, 9.17) is 0 Å². The minimum Gasteiger partial charge on any atom is -0.301 e. The molecule has 0 atom stereocenters. The second-order valence-electron chi connectivity index (χ2n) is 12.0. The lowest BCUT2D eigenvalue weighted by Crippen LogP contribution is -1.91. The summed E-state index contributed by atoms with van der Waals surface area (Å²) in [5.74, 6) is 0. The molecule has 0 saturated carbocycles. The monoisotopic (exact) mass is 601 g/mol.